The highest BCUT2D eigenvalue weighted by Gasteiger charge is 2.38. The molecule has 8 rings (SSSR count). The van der Waals surface area contributed by atoms with E-state index < -0.39 is 0 Å². The molecular formula is C36H24BN. The molecule has 6 aromatic rings. The number of rotatable bonds is 0. The van der Waals surface area contributed by atoms with Gasteiger partial charge in [0, 0.05) is 22.5 Å². The topological polar surface area (TPSA) is 3.24 Å². The Bertz CT molecular complexity index is 1580. The maximum Gasteiger partial charge on any atom is 0.329 e. The third-order valence-corrected chi connectivity index (χ3v) is 8.11. The van der Waals surface area contributed by atoms with Crippen molar-refractivity contribution in [3.8, 4) is 44.5 Å². The van der Waals surface area contributed by atoms with E-state index in [1.165, 1.54) is 66.8 Å². The Hall–Kier alpha value is -4.82. The Kier molecular flexibility index (Phi) is 4.68. The van der Waals surface area contributed by atoms with Crippen LogP contribution in [0.5, 0.6) is 0 Å². The molecule has 2 aliphatic rings. The second-order valence-corrected chi connectivity index (χ2v) is 10.1. The van der Waals surface area contributed by atoms with Crippen molar-refractivity contribution in [2.45, 2.75) is 0 Å². The zero-order valence-electron chi connectivity index (χ0n) is 20.9. The van der Waals surface area contributed by atoms with E-state index in [1.54, 1.807) is 0 Å². The Labute approximate surface area is 223 Å². The van der Waals surface area contributed by atoms with E-state index in [0.717, 1.165) is 0 Å². The molecule has 0 radical (unpaired) electrons. The van der Waals surface area contributed by atoms with Gasteiger partial charge in [-0.1, -0.05) is 133 Å². The quantitative estimate of drug-likeness (QED) is 0.199. The van der Waals surface area contributed by atoms with Crippen LogP contribution in [0.3, 0.4) is 0 Å². The van der Waals surface area contributed by atoms with Crippen LogP contribution in [0.15, 0.2) is 146 Å². The van der Waals surface area contributed by atoms with Gasteiger partial charge in [0.2, 0.25) is 0 Å². The zero-order chi connectivity index (χ0) is 25.1. The summed E-state index contributed by atoms with van der Waals surface area (Å²) in [6, 6.07) is 53.5. The van der Waals surface area contributed by atoms with Crippen molar-refractivity contribution in [1.29, 1.82) is 0 Å². The van der Waals surface area contributed by atoms with Gasteiger partial charge in [-0.15, -0.1) is 0 Å². The van der Waals surface area contributed by atoms with Crippen LogP contribution in [0, 0.1) is 0 Å². The Morgan fingerprint density at radius 2 is 0.579 bits per heavy atom. The number of nitrogens with zero attached hydrogens (tertiary/aromatic N) is 1. The molecule has 38 heavy (non-hydrogen) atoms. The number of hydrogen-bond acceptors (Lipinski definition) is 1. The lowest BCUT2D eigenvalue weighted by molar-refractivity contribution is 1.36. The summed E-state index contributed by atoms with van der Waals surface area (Å²) in [5.41, 5.74) is 15.3. The Morgan fingerprint density at radius 1 is 0.289 bits per heavy atom. The smallest absolute Gasteiger partial charge is 0.329 e. The summed E-state index contributed by atoms with van der Waals surface area (Å²) >= 11 is 0. The molecule has 0 aromatic heterocycles. The summed E-state index contributed by atoms with van der Waals surface area (Å²) in [6.07, 6.45) is 0. The van der Waals surface area contributed by atoms with Crippen LogP contribution >= 0.6 is 0 Å². The normalized spacial score (nSPS) is 12.6. The van der Waals surface area contributed by atoms with Crippen molar-refractivity contribution in [3.63, 3.8) is 0 Å². The average Bonchev–Trinajstić information content (AvgIpc) is 2.99. The Balaban J connectivity index is 1.61. The summed E-state index contributed by atoms with van der Waals surface area (Å²) in [7, 11) is 0. The molecule has 2 aliphatic heterocycles. The van der Waals surface area contributed by atoms with E-state index >= 15 is 0 Å². The fraction of sp³-hybridized carbons (Fsp3) is 0. The lowest BCUT2D eigenvalue weighted by Gasteiger charge is -2.40. The maximum atomic E-state index is 2.59. The van der Waals surface area contributed by atoms with Crippen LogP contribution in [0.1, 0.15) is 0 Å². The molecule has 6 aromatic carbocycles. The van der Waals surface area contributed by atoms with Crippen molar-refractivity contribution < 1.29 is 0 Å². The van der Waals surface area contributed by atoms with Crippen molar-refractivity contribution >= 4 is 29.1 Å². The van der Waals surface area contributed by atoms with Gasteiger partial charge in [-0.3, -0.25) is 0 Å². The van der Waals surface area contributed by atoms with Gasteiger partial charge >= 0.3 is 6.85 Å². The molecule has 0 spiro atoms. The van der Waals surface area contributed by atoms with Crippen molar-refractivity contribution in [3.05, 3.63) is 146 Å². The van der Waals surface area contributed by atoms with Crippen LogP contribution in [-0.2, 0) is 0 Å². The van der Waals surface area contributed by atoms with Crippen molar-refractivity contribution in [2.24, 2.45) is 0 Å². The molecule has 0 amide bonds. The third kappa shape index (κ3) is 3.01. The standard InChI is InChI=1S/C36H24BN/c1-3-15-27-25(13-1)29-17-5-9-21-33(29)37-34-22-10-6-18-30(34)26-14-2-4-16-28(26)32-20-8-12-24-36(32)38(37)35-23-11-7-19-31(27)35/h1-24H. The predicted molar refractivity (Wildman–Crippen MR) is 162 cm³/mol. The monoisotopic (exact) mass is 481 g/mol. The van der Waals surface area contributed by atoms with Crippen molar-refractivity contribution in [1.82, 2.24) is 0 Å². The van der Waals surface area contributed by atoms with E-state index in [4.69, 9.17) is 0 Å². The fourth-order valence-corrected chi connectivity index (χ4v) is 6.54. The minimum atomic E-state index is -0.00795. The van der Waals surface area contributed by atoms with E-state index in [1.807, 2.05) is 0 Å². The first kappa shape index (κ1) is 21.3. The molecule has 2 heteroatoms. The van der Waals surface area contributed by atoms with Gasteiger partial charge in [0.25, 0.3) is 0 Å². The summed E-state index contributed by atoms with van der Waals surface area (Å²) in [5.74, 6) is 0. The number of anilines is 2. The van der Waals surface area contributed by atoms with Crippen LogP contribution < -0.4 is 15.7 Å². The van der Waals surface area contributed by atoms with Gasteiger partial charge in [-0.25, -0.2) is 0 Å². The second-order valence-electron chi connectivity index (χ2n) is 10.1. The van der Waals surface area contributed by atoms with Gasteiger partial charge in [0.1, 0.15) is 0 Å². The molecule has 1 nitrogen and oxygen atoms in total. The van der Waals surface area contributed by atoms with Crippen LogP contribution in [0.2, 0.25) is 0 Å². The molecule has 0 saturated carbocycles. The largest absolute Gasteiger partial charge is 0.376 e. The first-order valence-electron chi connectivity index (χ1n) is 13.2. The molecule has 0 unspecified atom stereocenters. The molecule has 2 heterocycles. The number of para-hydroxylation sites is 2. The number of fused-ring (bicyclic) bond motifs is 15. The number of hydrogen-bond donors (Lipinski definition) is 0. The minimum absolute atomic E-state index is 0.00795. The Morgan fingerprint density at radius 3 is 1.00 bits per heavy atom. The van der Waals surface area contributed by atoms with Crippen molar-refractivity contribution in [2.75, 3.05) is 4.81 Å². The summed E-state index contributed by atoms with van der Waals surface area (Å²) < 4.78 is 0. The lowest BCUT2D eigenvalue weighted by atomic mass is 9.45. The third-order valence-electron chi connectivity index (χ3n) is 8.11. The molecular weight excluding hydrogens is 457 g/mol. The zero-order valence-corrected chi connectivity index (χ0v) is 20.9. The van der Waals surface area contributed by atoms with Gasteiger partial charge in [-0.2, -0.15) is 0 Å². The SMILES string of the molecule is c1ccc2c(c1)B1c3ccccc3-c3ccccc3-c3ccccc3N1c1ccccc1-c1ccccc1-2. The predicted octanol–water partition coefficient (Wildman–Crippen LogP) is 7.93. The molecule has 0 saturated heterocycles. The van der Waals surface area contributed by atoms with E-state index in [-0.39, 0.29) is 6.85 Å². The van der Waals surface area contributed by atoms with E-state index in [9.17, 15) is 0 Å². The number of benzene rings is 6. The lowest BCUT2D eigenvalue weighted by Crippen LogP contribution is -2.57. The van der Waals surface area contributed by atoms with Gasteiger partial charge in [0.05, 0.1) is 0 Å². The summed E-state index contributed by atoms with van der Waals surface area (Å²) in [5, 5.41) is 0. The molecule has 0 bridgehead atoms. The first-order valence-corrected chi connectivity index (χ1v) is 13.2. The fourth-order valence-electron chi connectivity index (χ4n) is 6.54. The van der Waals surface area contributed by atoms with Gasteiger partial charge in [0.15, 0.2) is 0 Å². The first-order chi connectivity index (χ1) is 18.9. The minimum Gasteiger partial charge on any atom is -0.376 e. The molecule has 0 N–H and O–H groups in total. The summed E-state index contributed by atoms with van der Waals surface area (Å²) in [4.78, 5) is 2.59. The highest BCUT2D eigenvalue weighted by molar-refractivity contribution is 6.91. The molecule has 0 aliphatic carbocycles. The maximum absolute atomic E-state index is 2.59. The van der Waals surface area contributed by atoms with Crippen LogP contribution in [0.25, 0.3) is 44.5 Å². The van der Waals surface area contributed by atoms with E-state index in [0.29, 0.717) is 0 Å². The van der Waals surface area contributed by atoms with Crippen LogP contribution in [-0.4, -0.2) is 6.85 Å². The molecule has 0 fully saturated rings. The highest BCUT2D eigenvalue weighted by Crippen LogP contribution is 2.47. The molecule has 0 atom stereocenters. The summed E-state index contributed by atoms with van der Waals surface area (Å²) in [6.45, 7) is -0.00795. The van der Waals surface area contributed by atoms with Crippen LogP contribution in [0.4, 0.5) is 11.4 Å². The average molecular weight is 481 g/mol. The van der Waals surface area contributed by atoms with E-state index in [2.05, 4.69) is 150 Å². The van der Waals surface area contributed by atoms with Gasteiger partial charge in [-0.05, 0) is 56.4 Å². The second kappa shape index (κ2) is 8.36. The van der Waals surface area contributed by atoms with Gasteiger partial charge < -0.3 is 4.81 Å². The molecule has 176 valence electrons. The highest BCUT2D eigenvalue weighted by atomic mass is 15.1.